The summed E-state index contributed by atoms with van der Waals surface area (Å²) in [4.78, 5) is 26.0. The van der Waals surface area contributed by atoms with Crippen LogP contribution in [0, 0.1) is 5.92 Å². The number of rotatable bonds is 6. The molecule has 1 heterocycles. The monoisotopic (exact) mass is 400 g/mol. The zero-order valence-corrected chi connectivity index (χ0v) is 16.8. The maximum absolute atomic E-state index is 12.4. The second kappa shape index (κ2) is 9.71. The van der Waals surface area contributed by atoms with Crippen LogP contribution in [-0.4, -0.2) is 31.4 Å². The largest absolute Gasteiger partial charge is 0.345 e. The van der Waals surface area contributed by atoms with Crippen molar-refractivity contribution in [1.82, 2.24) is 5.32 Å². The number of quaternary nitrogens is 1. The van der Waals surface area contributed by atoms with Crippen molar-refractivity contribution in [2.45, 2.75) is 25.8 Å². The molecule has 2 aromatic carbocycles. The smallest absolute Gasteiger partial charge is 0.275 e. The predicted octanol–water partition coefficient (Wildman–Crippen LogP) is 2.45. The number of piperidine rings is 1. The number of likely N-dealkylation sites (tertiary alicyclic amines) is 1. The number of amides is 2. The molecule has 0 radical (unpaired) electrons. The molecule has 6 heteroatoms. The van der Waals surface area contributed by atoms with Crippen LogP contribution in [0.2, 0.25) is 5.02 Å². The second-order valence-electron chi connectivity index (χ2n) is 7.40. The maximum atomic E-state index is 12.4. The molecule has 148 valence electrons. The second-order valence-corrected chi connectivity index (χ2v) is 7.83. The van der Waals surface area contributed by atoms with Gasteiger partial charge in [-0.1, -0.05) is 41.9 Å². The van der Waals surface area contributed by atoms with E-state index in [0.717, 1.165) is 37.2 Å². The molecular formula is C22H27ClN3O2+. The van der Waals surface area contributed by atoms with E-state index >= 15 is 0 Å². The van der Waals surface area contributed by atoms with Gasteiger partial charge in [-0.05, 0) is 36.8 Å². The molecule has 2 amide bonds. The van der Waals surface area contributed by atoms with Crippen LogP contribution in [0.3, 0.4) is 0 Å². The van der Waals surface area contributed by atoms with Crippen LogP contribution in [0.5, 0.6) is 0 Å². The molecule has 1 fully saturated rings. The van der Waals surface area contributed by atoms with E-state index in [9.17, 15) is 9.59 Å². The van der Waals surface area contributed by atoms with Crippen molar-refractivity contribution in [2.75, 3.05) is 25.0 Å². The highest BCUT2D eigenvalue weighted by Gasteiger charge is 2.28. The van der Waals surface area contributed by atoms with Gasteiger partial charge in [-0.15, -0.1) is 0 Å². The number of carbonyl (C=O) groups is 2. The van der Waals surface area contributed by atoms with Crippen LogP contribution in [0.1, 0.15) is 31.4 Å². The molecule has 0 aliphatic carbocycles. The number of nitrogens with one attached hydrogen (secondary N) is 3. The molecule has 0 spiro atoms. The molecule has 0 saturated carbocycles. The van der Waals surface area contributed by atoms with Gasteiger partial charge in [-0.25, -0.2) is 0 Å². The standard InChI is InChI=1S/C22H26ClN3O2/c1-16(17-7-9-19(23)10-8-17)24-21(27)15-26-13-11-18(12-14-26)22(28)25-20-5-3-2-4-6-20/h2-10,16,18H,11-15H2,1H3,(H,24,27)(H,25,28)/p+1/t16-/m0/s1. The van der Waals surface area contributed by atoms with E-state index in [1.807, 2.05) is 61.5 Å². The molecule has 2 aromatic rings. The molecule has 1 saturated heterocycles. The van der Waals surface area contributed by atoms with E-state index in [0.29, 0.717) is 11.6 Å². The van der Waals surface area contributed by atoms with Crippen LogP contribution in [-0.2, 0) is 9.59 Å². The summed E-state index contributed by atoms with van der Waals surface area (Å²) in [6.45, 7) is 4.06. The van der Waals surface area contributed by atoms with Gasteiger partial charge in [-0.3, -0.25) is 9.59 Å². The third-order valence-electron chi connectivity index (χ3n) is 5.26. The maximum Gasteiger partial charge on any atom is 0.275 e. The lowest BCUT2D eigenvalue weighted by Gasteiger charge is -2.28. The topological polar surface area (TPSA) is 62.6 Å². The van der Waals surface area contributed by atoms with Crippen LogP contribution in [0.15, 0.2) is 54.6 Å². The first kappa shape index (κ1) is 20.4. The number of hydrogen-bond acceptors (Lipinski definition) is 2. The summed E-state index contributed by atoms with van der Waals surface area (Å²) in [5.41, 5.74) is 1.86. The Kier molecular flexibility index (Phi) is 7.06. The fraction of sp³-hybridized carbons (Fsp3) is 0.364. The summed E-state index contributed by atoms with van der Waals surface area (Å²) in [5.74, 6) is 0.121. The van der Waals surface area contributed by atoms with E-state index in [1.54, 1.807) is 0 Å². The highest BCUT2D eigenvalue weighted by atomic mass is 35.5. The normalized spacial score (nSPS) is 20.2. The fourth-order valence-corrected chi connectivity index (χ4v) is 3.71. The molecule has 1 aliphatic rings. The van der Waals surface area contributed by atoms with Crippen molar-refractivity contribution < 1.29 is 14.5 Å². The van der Waals surface area contributed by atoms with Crippen LogP contribution in [0.4, 0.5) is 5.69 Å². The number of hydrogen-bond donors (Lipinski definition) is 3. The Bertz CT molecular complexity index is 787. The SMILES string of the molecule is C[C@H](NC(=O)C[NH+]1CCC(C(=O)Nc2ccccc2)CC1)c1ccc(Cl)cc1. The molecule has 3 rings (SSSR count). The Balaban J connectivity index is 1.41. The lowest BCUT2D eigenvalue weighted by atomic mass is 9.95. The molecule has 1 aliphatic heterocycles. The molecule has 5 nitrogen and oxygen atoms in total. The Labute approximate surface area is 171 Å². The number of benzene rings is 2. The van der Waals surface area contributed by atoms with Gasteiger partial charge in [0.2, 0.25) is 5.91 Å². The van der Waals surface area contributed by atoms with Crippen LogP contribution >= 0.6 is 11.6 Å². The molecule has 0 unspecified atom stereocenters. The first-order valence-corrected chi connectivity index (χ1v) is 10.1. The summed E-state index contributed by atoms with van der Waals surface area (Å²) in [7, 11) is 0. The van der Waals surface area contributed by atoms with Crippen molar-refractivity contribution in [3.8, 4) is 0 Å². The van der Waals surface area contributed by atoms with Gasteiger partial charge >= 0.3 is 0 Å². The summed E-state index contributed by atoms with van der Waals surface area (Å²) in [5, 5.41) is 6.71. The van der Waals surface area contributed by atoms with Gasteiger partial charge in [0, 0.05) is 29.5 Å². The fourth-order valence-electron chi connectivity index (χ4n) is 3.59. The zero-order chi connectivity index (χ0) is 19.9. The number of carbonyl (C=O) groups excluding carboxylic acids is 2. The van der Waals surface area contributed by atoms with Crippen molar-refractivity contribution >= 4 is 29.1 Å². The van der Waals surface area contributed by atoms with Crippen molar-refractivity contribution in [3.05, 3.63) is 65.2 Å². The van der Waals surface area contributed by atoms with Crippen LogP contribution < -0.4 is 15.5 Å². The minimum absolute atomic E-state index is 0.0139. The minimum Gasteiger partial charge on any atom is -0.345 e. The van der Waals surface area contributed by atoms with Crippen LogP contribution in [0.25, 0.3) is 0 Å². The van der Waals surface area contributed by atoms with Gasteiger partial charge in [0.25, 0.3) is 5.91 Å². The van der Waals surface area contributed by atoms with Gasteiger partial charge in [0.05, 0.1) is 19.1 Å². The quantitative estimate of drug-likeness (QED) is 0.697. The number of halogens is 1. The van der Waals surface area contributed by atoms with Crippen molar-refractivity contribution in [1.29, 1.82) is 0 Å². The van der Waals surface area contributed by atoms with E-state index in [2.05, 4.69) is 10.6 Å². The highest BCUT2D eigenvalue weighted by Crippen LogP contribution is 2.16. The average molecular weight is 401 g/mol. The predicted molar refractivity (Wildman–Crippen MR) is 111 cm³/mol. The summed E-state index contributed by atoms with van der Waals surface area (Å²) in [6, 6.07) is 17.0. The molecule has 1 atom stereocenters. The number of anilines is 1. The van der Waals surface area contributed by atoms with Crippen molar-refractivity contribution in [2.24, 2.45) is 5.92 Å². The molecule has 3 N–H and O–H groups in total. The van der Waals surface area contributed by atoms with Gasteiger partial charge < -0.3 is 15.5 Å². The first-order chi connectivity index (χ1) is 13.5. The Morgan fingerprint density at radius 2 is 1.71 bits per heavy atom. The van der Waals surface area contributed by atoms with E-state index < -0.39 is 0 Å². The third-order valence-corrected chi connectivity index (χ3v) is 5.51. The summed E-state index contributed by atoms with van der Waals surface area (Å²) in [6.07, 6.45) is 1.60. The summed E-state index contributed by atoms with van der Waals surface area (Å²) >= 11 is 5.91. The van der Waals surface area contributed by atoms with Gasteiger partial charge in [-0.2, -0.15) is 0 Å². The minimum atomic E-state index is -0.0571. The van der Waals surface area contributed by atoms with E-state index in [4.69, 9.17) is 11.6 Å². The van der Waals surface area contributed by atoms with E-state index in [1.165, 1.54) is 4.90 Å². The summed E-state index contributed by atoms with van der Waals surface area (Å²) < 4.78 is 0. The number of para-hydroxylation sites is 1. The Morgan fingerprint density at radius 1 is 1.07 bits per heavy atom. The Morgan fingerprint density at radius 3 is 2.36 bits per heavy atom. The Hall–Kier alpha value is -2.37. The van der Waals surface area contributed by atoms with E-state index in [-0.39, 0.29) is 23.8 Å². The third kappa shape index (κ3) is 5.81. The van der Waals surface area contributed by atoms with Gasteiger partial charge in [0.15, 0.2) is 6.54 Å². The first-order valence-electron chi connectivity index (χ1n) is 9.75. The molecule has 28 heavy (non-hydrogen) atoms. The molecule has 0 aromatic heterocycles. The lowest BCUT2D eigenvalue weighted by Crippen LogP contribution is -3.14. The molecule has 0 bridgehead atoms. The van der Waals surface area contributed by atoms with Gasteiger partial charge in [0.1, 0.15) is 0 Å². The highest BCUT2D eigenvalue weighted by molar-refractivity contribution is 6.30. The molecular weight excluding hydrogens is 374 g/mol. The zero-order valence-electron chi connectivity index (χ0n) is 16.1. The lowest BCUT2D eigenvalue weighted by molar-refractivity contribution is -0.897. The van der Waals surface area contributed by atoms with Crippen molar-refractivity contribution in [3.63, 3.8) is 0 Å². The average Bonchev–Trinajstić information content (AvgIpc) is 2.69.